The van der Waals surface area contributed by atoms with E-state index in [-0.39, 0.29) is 11.5 Å². The maximum Gasteiger partial charge on any atom is 0.357 e. The van der Waals surface area contributed by atoms with Crippen LogP contribution in [0.4, 0.5) is 15.8 Å². The van der Waals surface area contributed by atoms with Crippen molar-refractivity contribution >= 4 is 22.3 Å². The summed E-state index contributed by atoms with van der Waals surface area (Å²) in [6, 6.07) is 13.7. The van der Waals surface area contributed by atoms with E-state index < -0.39 is 10.5 Å². The fourth-order valence-corrected chi connectivity index (χ4v) is 3.93. The second-order valence-corrected chi connectivity index (χ2v) is 7.23. The van der Waals surface area contributed by atoms with Crippen LogP contribution in [0.5, 0.6) is 0 Å². The van der Waals surface area contributed by atoms with Crippen LogP contribution in [0.1, 0.15) is 5.56 Å². The number of fused-ring (bicyclic) bond motifs is 1. The summed E-state index contributed by atoms with van der Waals surface area (Å²) in [4.78, 5) is 28.0. The Balaban J connectivity index is 1.63. The Hall–Kier alpha value is -3.26. The van der Waals surface area contributed by atoms with E-state index in [1.54, 1.807) is 25.2 Å². The second-order valence-electron chi connectivity index (χ2n) is 7.23. The molecule has 150 valence electrons. The maximum absolute atomic E-state index is 13.1. The molecule has 0 aliphatic carbocycles. The molecule has 29 heavy (non-hydrogen) atoms. The zero-order valence-corrected chi connectivity index (χ0v) is 16.0. The van der Waals surface area contributed by atoms with Gasteiger partial charge in [-0.25, -0.2) is 4.39 Å². The number of hydrogen-bond acceptors (Lipinski definition) is 5. The summed E-state index contributed by atoms with van der Waals surface area (Å²) in [6.45, 7) is 3.21. The average molecular weight is 396 g/mol. The number of hydrogen-bond donors (Lipinski definition) is 0. The molecule has 1 aromatic heterocycles. The van der Waals surface area contributed by atoms with E-state index in [0.717, 1.165) is 5.56 Å². The molecular weight excluding hydrogens is 375 g/mol. The number of nitrogens with zero attached hydrogens (tertiary/aromatic N) is 4. The predicted molar refractivity (Wildman–Crippen MR) is 110 cm³/mol. The van der Waals surface area contributed by atoms with Gasteiger partial charge in [-0.15, -0.1) is 0 Å². The Morgan fingerprint density at radius 1 is 1.03 bits per heavy atom. The van der Waals surface area contributed by atoms with E-state index in [1.165, 1.54) is 16.7 Å². The van der Waals surface area contributed by atoms with Crippen LogP contribution in [-0.2, 0) is 13.6 Å². The van der Waals surface area contributed by atoms with E-state index in [4.69, 9.17) is 0 Å². The molecule has 0 amide bonds. The molecule has 1 saturated heterocycles. The fraction of sp³-hybridized carbons (Fsp3) is 0.286. The summed E-state index contributed by atoms with van der Waals surface area (Å²) in [5, 5.41) is 12.4. The first-order valence-corrected chi connectivity index (χ1v) is 9.43. The number of anilines is 1. The predicted octanol–water partition coefficient (Wildman–Crippen LogP) is 2.91. The highest BCUT2D eigenvalue weighted by Gasteiger charge is 2.30. The van der Waals surface area contributed by atoms with E-state index in [2.05, 4.69) is 4.90 Å². The molecule has 0 spiro atoms. The van der Waals surface area contributed by atoms with Crippen LogP contribution in [-0.4, -0.2) is 40.6 Å². The number of pyridine rings is 1. The first-order valence-electron chi connectivity index (χ1n) is 9.43. The van der Waals surface area contributed by atoms with Crippen molar-refractivity contribution in [1.82, 2.24) is 9.47 Å². The largest absolute Gasteiger partial charge is 0.363 e. The van der Waals surface area contributed by atoms with Gasteiger partial charge in [-0.2, -0.15) is 0 Å². The molecule has 0 N–H and O–H groups in total. The first-order chi connectivity index (χ1) is 14.0. The molecular formula is C21H21FN4O3. The van der Waals surface area contributed by atoms with Crippen molar-refractivity contribution in [2.45, 2.75) is 6.54 Å². The maximum atomic E-state index is 13.1. The lowest BCUT2D eigenvalue weighted by molar-refractivity contribution is -0.385. The monoisotopic (exact) mass is 396 g/mol. The van der Waals surface area contributed by atoms with Crippen molar-refractivity contribution in [3.8, 4) is 0 Å². The van der Waals surface area contributed by atoms with Crippen molar-refractivity contribution in [3.05, 3.63) is 80.4 Å². The lowest BCUT2D eigenvalue weighted by Gasteiger charge is -2.36. The molecule has 1 aliphatic rings. The third-order valence-electron chi connectivity index (χ3n) is 5.44. The summed E-state index contributed by atoms with van der Waals surface area (Å²) in [7, 11) is 1.56. The molecule has 1 fully saturated rings. The number of benzene rings is 2. The minimum Gasteiger partial charge on any atom is -0.363 e. The molecule has 4 rings (SSSR count). The number of para-hydroxylation sites is 1. The number of nitro groups is 1. The Morgan fingerprint density at radius 3 is 2.34 bits per heavy atom. The van der Waals surface area contributed by atoms with Gasteiger partial charge in [0, 0.05) is 45.2 Å². The SMILES string of the molecule is Cn1c(=O)c([N+](=O)[O-])c(N2CCN(Cc3ccc(F)cc3)CC2)c2ccccc21. The van der Waals surface area contributed by atoms with Gasteiger partial charge < -0.3 is 9.47 Å². The number of piperazine rings is 1. The Morgan fingerprint density at radius 2 is 1.69 bits per heavy atom. The van der Waals surface area contributed by atoms with Gasteiger partial charge in [0.15, 0.2) is 0 Å². The average Bonchev–Trinajstić information content (AvgIpc) is 2.72. The van der Waals surface area contributed by atoms with Gasteiger partial charge in [-0.05, 0) is 23.8 Å². The highest BCUT2D eigenvalue weighted by Crippen LogP contribution is 2.33. The third kappa shape index (κ3) is 3.58. The molecule has 0 unspecified atom stereocenters. The molecule has 8 heteroatoms. The van der Waals surface area contributed by atoms with Crippen molar-refractivity contribution in [2.24, 2.45) is 7.05 Å². The number of aromatic nitrogens is 1. The molecule has 2 heterocycles. The minimum absolute atomic E-state index is 0.261. The Labute approximate surface area is 166 Å². The van der Waals surface area contributed by atoms with Gasteiger partial charge in [0.05, 0.1) is 10.4 Å². The third-order valence-corrected chi connectivity index (χ3v) is 5.44. The highest BCUT2D eigenvalue weighted by atomic mass is 19.1. The van der Waals surface area contributed by atoms with Gasteiger partial charge in [0.1, 0.15) is 11.5 Å². The lowest BCUT2D eigenvalue weighted by Crippen LogP contribution is -2.46. The van der Waals surface area contributed by atoms with E-state index in [9.17, 15) is 19.3 Å². The summed E-state index contributed by atoms with van der Waals surface area (Å²) >= 11 is 0. The number of halogens is 1. The quantitative estimate of drug-likeness (QED) is 0.501. The van der Waals surface area contributed by atoms with Crippen molar-refractivity contribution < 1.29 is 9.31 Å². The zero-order valence-electron chi connectivity index (χ0n) is 16.0. The first kappa shape index (κ1) is 19.1. The van der Waals surface area contributed by atoms with Crippen LogP contribution >= 0.6 is 0 Å². The lowest BCUT2D eigenvalue weighted by atomic mass is 10.1. The molecule has 3 aromatic rings. The highest BCUT2D eigenvalue weighted by molar-refractivity contribution is 5.96. The zero-order chi connectivity index (χ0) is 20.5. The second kappa shape index (κ2) is 7.63. The van der Waals surface area contributed by atoms with Crippen molar-refractivity contribution in [3.63, 3.8) is 0 Å². The standard InChI is InChI=1S/C21H21FN4O3/c1-23-18-5-3-2-4-17(18)19(20(21(23)27)26(28)29)25-12-10-24(11-13-25)14-15-6-8-16(22)9-7-15/h2-9H,10-14H2,1H3. The summed E-state index contributed by atoms with van der Waals surface area (Å²) in [5.41, 5.74) is 1.11. The van der Waals surface area contributed by atoms with E-state index >= 15 is 0 Å². The topological polar surface area (TPSA) is 71.6 Å². The van der Waals surface area contributed by atoms with Crippen LogP contribution in [0, 0.1) is 15.9 Å². The van der Waals surface area contributed by atoms with Gasteiger partial charge in [-0.1, -0.05) is 30.3 Å². The van der Waals surface area contributed by atoms with Crippen LogP contribution in [0.3, 0.4) is 0 Å². The van der Waals surface area contributed by atoms with Crippen molar-refractivity contribution in [2.75, 3.05) is 31.1 Å². The van der Waals surface area contributed by atoms with Crippen LogP contribution in [0.2, 0.25) is 0 Å². The normalized spacial score (nSPS) is 15.0. The Bertz CT molecular complexity index is 1120. The van der Waals surface area contributed by atoms with Crippen LogP contribution in [0.25, 0.3) is 10.9 Å². The van der Waals surface area contributed by atoms with E-state index in [0.29, 0.717) is 49.3 Å². The van der Waals surface area contributed by atoms with E-state index in [1.807, 2.05) is 23.1 Å². The van der Waals surface area contributed by atoms with Gasteiger partial charge >= 0.3 is 11.2 Å². The van der Waals surface area contributed by atoms with Gasteiger partial charge in [0.25, 0.3) is 0 Å². The van der Waals surface area contributed by atoms with Crippen molar-refractivity contribution in [1.29, 1.82) is 0 Å². The minimum atomic E-state index is -0.600. The molecule has 0 radical (unpaired) electrons. The number of aryl methyl sites for hydroxylation is 1. The molecule has 7 nitrogen and oxygen atoms in total. The summed E-state index contributed by atoms with van der Waals surface area (Å²) < 4.78 is 14.4. The molecule has 1 aliphatic heterocycles. The van der Waals surface area contributed by atoms with Crippen LogP contribution in [0.15, 0.2) is 53.3 Å². The summed E-state index contributed by atoms with van der Waals surface area (Å²) in [5.74, 6) is -0.261. The summed E-state index contributed by atoms with van der Waals surface area (Å²) in [6.07, 6.45) is 0. The van der Waals surface area contributed by atoms with Gasteiger partial charge in [-0.3, -0.25) is 19.8 Å². The molecule has 0 bridgehead atoms. The van der Waals surface area contributed by atoms with Gasteiger partial charge in [0.2, 0.25) is 0 Å². The molecule has 2 aromatic carbocycles. The number of rotatable bonds is 4. The smallest absolute Gasteiger partial charge is 0.357 e. The fourth-order valence-electron chi connectivity index (χ4n) is 3.93. The molecule has 0 saturated carbocycles. The van der Waals surface area contributed by atoms with Crippen LogP contribution < -0.4 is 10.5 Å². The Kier molecular flexibility index (Phi) is 5.02. The molecule has 0 atom stereocenters.